The normalized spacial score (nSPS) is 17.1. The largest absolute Gasteiger partial charge is 0.489 e. The highest BCUT2D eigenvalue weighted by molar-refractivity contribution is 6.39. The summed E-state index contributed by atoms with van der Waals surface area (Å²) in [6.45, 7) is 1.03. The van der Waals surface area contributed by atoms with E-state index in [1.54, 1.807) is 30.3 Å². The van der Waals surface area contributed by atoms with Crippen molar-refractivity contribution in [1.29, 1.82) is 0 Å². The van der Waals surface area contributed by atoms with E-state index in [9.17, 15) is 9.59 Å². The van der Waals surface area contributed by atoms with E-state index in [2.05, 4.69) is 5.16 Å². The minimum Gasteiger partial charge on any atom is -0.489 e. The number of carbonyl (C=O) groups excluding carboxylic acids is 2. The summed E-state index contributed by atoms with van der Waals surface area (Å²) in [7, 11) is 0. The van der Waals surface area contributed by atoms with E-state index in [1.807, 2.05) is 35.2 Å². The maximum Gasteiger partial charge on any atom is 0.298 e. The van der Waals surface area contributed by atoms with E-state index in [1.165, 1.54) is 0 Å². The summed E-state index contributed by atoms with van der Waals surface area (Å²) in [5, 5.41) is 5.38. The first-order valence-electron chi connectivity index (χ1n) is 14.2. The maximum atomic E-state index is 14.0. The van der Waals surface area contributed by atoms with Crippen molar-refractivity contribution in [3.05, 3.63) is 93.2 Å². The molecule has 2 saturated carbocycles. The quantitative estimate of drug-likeness (QED) is 0.180. The Balaban J connectivity index is 1.20. The van der Waals surface area contributed by atoms with Gasteiger partial charge in [0, 0.05) is 17.2 Å². The van der Waals surface area contributed by atoms with Crippen LogP contribution in [-0.2, 0) is 28.2 Å². The lowest BCUT2D eigenvalue weighted by molar-refractivity contribution is -0.123. The summed E-state index contributed by atoms with van der Waals surface area (Å²) in [6.07, 6.45) is 5.70. The van der Waals surface area contributed by atoms with E-state index in [0.29, 0.717) is 51.7 Å². The number of benzene rings is 3. The Morgan fingerprint density at radius 2 is 1.76 bits per heavy atom. The topological polar surface area (TPSA) is 81.9 Å². The number of ether oxygens (including phenoxy) is 2. The first-order valence-corrected chi connectivity index (χ1v) is 15.0. The molecule has 1 spiro atoms. The summed E-state index contributed by atoms with van der Waals surface area (Å²) < 4.78 is 17.2. The molecule has 0 saturated heterocycles. The van der Waals surface area contributed by atoms with Crippen molar-refractivity contribution in [3.63, 3.8) is 0 Å². The fourth-order valence-corrected chi connectivity index (χ4v) is 7.06. The van der Waals surface area contributed by atoms with Gasteiger partial charge in [-0.2, -0.15) is 0 Å². The van der Waals surface area contributed by atoms with Gasteiger partial charge in [0.25, 0.3) is 6.47 Å². The van der Waals surface area contributed by atoms with Gasteiger partial charge in [-0.1, -0.05) is 59.4 Å². The molecule has 1 aliphatic heterocycles. The Kier molecular flexibility index (Phi) is 6.95. The first kappa shape index (κ1) is 27.0. The van der Waals surface area contributed by atoms with Crippen LogP contribution in [0.5, 0.6) is 11.5 Å². The van der Waals surface area contributed by atoms with Gasteiger partial charge in [0.2, 0.25) is 5.91 Å². The number of carbonyl (C=O) groups is 2. The van der Waals surface area contributed by atoms with Crippen LogP contribution in [0.25, 0.3) is 11.3 Å². The molecule has 1 amide bonds. The second-order valence-corrected chi connectivity index (χ2v) is 12.1. The molecule has 1 aromatic heterocycles. The zero-order valence-corrected chi connectivity index (χ0v) is 24.3. The fourth-order valence-electron chi connectivity index (χ4n) is 6.48. The monoisotopic (exact) mass is 602 g/mol. The summed E-state index contributed by atoms with van der Waals surface area (Å²) in [4.78, 5) is 26.7. The zero-order chi connectivity index (χ0) is 28.8. The van der Waals surface area contributed by atoms with Crippen LogP contribution in [0.2, 0.25) is 10.0 Å². The van der Waals surface area contributed by atoms with Crippen LogP contribution < -0.4 is 14.4 Å². The first-order chi connectivity index (χ1) is 20.5. The number of halogens is 2. The second-order valence-electron chi connectivity index (χ2n) is 11.3. The molecule has 3 aromatic carbocycles. The Morgan fingerprint density at radius 1 is 1.00 bits per heavy atom. The molecule has 214 valence electrons. The van der Waals surface area contributed by atoms with Gasteiger partial charge in [0.05, 0.1) is 27.6 Å². The van der Waals surface area contributed by atoms with Crippen LogP contribution in [0, 0.1) is 0 Å². The molecular weight excluding hydrogens is 575 g/mol. The lowest BCUT2D eigenvalue weighted by Gasteiger charge is -2.23. The van der Waals surface area contributed by atoms with Crippen molar-refractivity contribution in [2.45, 2.75) is 63.0 Å². The number of hydrogen-bond donors (Lipinski definition) is 0. The number of fused-ring (bicyclic) bond motifs is 2. The van der Waals surface area contributed by atoms with Crippen molar-refractivity contribution >= 4 is 41.3 Å². The molecule has 7 nitrogen and oxygen atoms in total. The minimum atomic E-state index is -0.557. The summed E-state index contributed by atoms with van der Waals surface area (Å²) in [6, 6.07) is 18.5. The molecule has 0 atom stereocenters. The van der Waals surface area contributed by atoms with Crippen molar-refractivity contribution < 1.29 is 23.6 Å². The Hall–Kier alpha value is -3.81. The maximum absolute atomic E-state index is 14.0. The number of aromatic nitrogens is 1. The van der Waals surface area contributed by atoms with E-state index in [-0.39, 0.29) is 12.5 Å². The molecule has 0 bridgehead atoms. The van der Waals surface area contributed by atoms with E-state index in [0.717, 1.165) is 66.7 Å². The molecule has 2 heterocycles. The van der Waals surface area contributed by atoms with Crippen LogP contribution in [-0.4, -0.2) is 17.5 Å². The molecule has 0 N–H and O–H groups in total. The van der Waals surface area contributed by atoms with Crippen LogP contribution in [0.3, 0.4) is 0 Å². The van der Waals surface area contributed by atoms with E-state index < -0.39 is 5.41 Å². The lowest BCUT2D eigenvalue weighted by atomic mass is 9.80. The molecule has 2 aliphatic carbocycles. The smallest absolute Gasteiger partial charge is 0.298 e. The van der Waals surface area contributed by atoms with Gasteiger partial charge < -0.3 is 18.9 Å². The van der Waals surface area contributed by atoms with Crippen molar-refractivity contribution in [2.75, 3.05) is 4.90 Å². The van der Waals surface area contributed by atoms with Gasteiger partial charge in [-0.3, -0.25) is 9.59 Å². The SMILES string of the molecule is O=COc1cccc(CN2C(=O)C3(CCCC3)c3cc(OCc4c(-c5c(Cl)cccc5Cl)noc4C4CC4)ccc32)c1. The van der Waals surface area contributed by atoms with Crippen molar-refractivity contribution in [1.82, 2.24) is 5.16 Å². The zero-order valence-electron chi connectivity index (χ0n) is 22.8. The van der Waals surface area contributed by atoms with Gasteiger partial charge in [-0.15, -0.1) is 0 Å². The third-order valence-corrected chi connectivity index (χ3v) is 9.29. The predicted octanol–water partition coefficient (Wildman–Crippen LogP) is 8.00. The van der Waals surface area contributed by atoms with E-state index in [4.69, 9.17) is 37.2 Å². The number of amides is 1. The molecule has 2 fully saturated rings. The van der Waals surface area contributed by atoms with E-state index >= 15 is 0 Å². The average Bonchev–Trinajstić information content (AvgIpc) is 3.48. The number of nitrogens with zero attached hydrogens (tertiary/aromatic N) is 2. The Bertz CT molecular complexity index is 1670. The molecule has 42 heavy (non-hydrogen) atoms. The summed E-state index contributed by atoms with van der Waals surface area (Å²) in [5.74, 6) is 2.37. The molecule has 0 unspecified atom stereocenters. The molecule has 0 radical (unpaired) electrons. The van der Waals surface area contributed by atoms with Crippen LogP contribution >= 0.6 is 23.2 Å². The highest BCUT2D eigenvalue weighted by Crippen LogP contribution is 2.53. The summed E-state index contributed by atoms with van der Waals surface area (Å²) in [5.41, 5.74) is 4.31. The van der Waals surface area contributed by atoms with Gasteiger partial charge in [0.15, 0.2) is 0 Å². The molecule has 4 aromatic rings. The average molecular weight is 604 g/mol. The minimum absolute atomic E-state index is 0.111. The van der Waals surface area contributed by atoms with Gasteiger partial charge >= 0.3 is 0 Å². The lowest BCUT2D eigenvalue weighted by Crippen LogP contribution is -2.38. The standard InChI is InChI=1S/C33H28Cl2N2O5/c34-26-7-4-8-27(35)29(26)30-24(31(42-36-30)21-9-10-21)18-40-23-11-12-28-25(16-23)33(13-1-2-14-33)32(39)37(28)17-20-5-3-6-22(15-20)41-19-38/h3-8,11-12,15-16,19,21H,1-2,9-10,13-14,17-18H2. The highest BCUT2D eigenvalue weighted by Gasteiger charge is 2.52. The van der Waals surface area contributed by atoms with Crippen molar-refractivity contribution in [2.24, 2.45) is 0 Å². The highest BCUT2D eigenvalue weighted by atomic mass is 35.5. The second kappa shape index (κ2) is 10.8. The van der Waals surface area contributed by atoms with Crippen LogP contribution in [0.1, 0.15) is 66.9 Å². The molecule has 3 aliphatic rings. The third kappa shape index (κ3) is 4.65. The third-order valence-electron chi connectivity index (χ3n) is 8.66. The summed E-state index contributed by atoms with van der Waals surface area (Å²) >= 11 is 13.1. The van der Waals surface area contributed by atoms with Crippen LogP contribution in [0.4, 0.5) is 5.69 Å². The molecule has 7 rings (SSSR count). The van der Waals surface area contributed by atoms with Gasteiger partial charge in [-0.05, 0) is 79.3 Å². The van der Waals surface area contributed by atoms with Crippen molar-refractivity contribution in [3.8, 4) is 22.8 Å². The van der Waals surface area contributed by atoms with Gasteiger partial charge in [0.1, 0.15) is 29.6 Å². The van der Waals surface area contributed by atoms with Crippen LogP contribution in [0.15, 0.2) is 65.2 Å². The fraction of sp³-hybridized carbons (Fsp3) is 0.303. The molecular formula is C33H28Cl2N2O5. The number of rotatable bonds is 9. The number of anilines is 1. The predicted molar refractivity (Wildman–Crippen MR) is 159 cm³/mol. The number of hydrogen-bond acceptors (Lipinski definition) is 6. The molecule has 9 heteroatoms. The Labute approximate surface area is 253 Å². The van der Waals surface area contributed by atoms with Gasteiger partial charge in [-0.25, -0.2) is 0 Å². The Morgan fingerprint density at radius 3 is 2.50 bits per heavy atom.